The van der Waals surface area contributed by atoms with Crippen molar-refractivity contribution in [3.63, 3.8) is 0 Å². The Balaban J connectivity index is 1.48. The lowest BCUT2D eigenvalue weighted by Crippen LogP contribution is -2.34. The first-order valence-corrected chi connectivity index (χ1v) is 10.0. The summed E-state index contributed by atoms with van der Waals surface area (Å²) in [5.74, 6) is 0.759. The Kier molecular flexibility index (Phi) is 4.77. The van der Waals surface area contributed by atoms with E-state index in [1.54, 1.807) is 11.3 Å². The zero-order valence-electron chi connectivity index (χ0n) is 13.7. The fourth-order valence-corrected chi connectivity index (χ4v) is 4.87. The quantitative estimate of drug-likeness (QED) is 0.570. The average molecular weight is 416 g/mol. The van der Waals surface area contributed by atoms with Gasteiger partial charge in [-0.1, -0.05) is 36.4 Å². The maximum atomic E-state index is 12.7. The van der Waals surface area contributed by atoms with Gasteiger partial charge in [0.25, 0.3) is 5.91 Å². The summed E-state index contributed by atoms with van der Waals surface area (Å²) in [6, 6.07) is 16.4. The van der Waals surface area contributed by atoms with Gasteiger partial charge in [-0.25, -0.2) is 0 Å². The maximum Gasteiger partial charge on any atom is 0.261 e. The molecule has 1 atom stereocenters. The van der Waals surface area contributed by atoms with Crippen LogP contribution in [0.5, 0.6) is 5.75 Å². The number of benzene rings is 2. The predicted molar refractivity (Wildman–Crippen MR) is 105 cm³/mol. The number of ether oxygens (including phenoxy) is 1. The summed E-state index contributed by atoms with van der Waals surface area (Å²) in [5.41, 5.74) is 0. The minimum absolute atomic E-state index is 0.0518. The number of hydrogen-bond acceptors (Lipinski definition) is 3. The van der Waals surface area contributed by atoms with Crippen LogP contribution in [-0.2, 0) is 4.79 Å². The van der Waals surface area contributed by atoms with E-state index in [1.165, 1.54) is 4.88 Å². The summed E-state index contributed by atoms with van der Waals surface area (Å²) >= 11 is 5.33. The van der Waals surface area contributed by atoms with Crippen LogP contribution in [0.2, 0.25) is 0 Å². The third kappa shape index (κ3) is 3.31. The van der Waals surface area contributed by atoms with Crippen LogP contribution >= 0.6 is 27.3 Å². The lowest BCUT2D eigenvalue weighted by atomic mass is 10.1. The van der Waals surface area contributed by atoms with Crippen molar-refractivity contribution in [2.45, 2.75) is 18.9 Å². The van der Waals surface area contributed by atoms with Crippen LogP contribution in [0, 0.1) is 0 Å². The number of likely N-dealkylation sites (tertiary alicyclic amines) is 1. The number of nitrogens with zero attached hydrogens (tertiary/aromatic N) is 1. The first-order chi connectivity index (χ1) is 12.2. The number of amides is 1. The standard InChI is InChI=1S/C20H18BrNO2S/c21-20-15-6-2-1-5-14(15)9-10-17(20)24-13-19(23)22-11-3-7-16(22)18-8-4-12-25-18/h1-2,4-6,8-10,12,16H,3,7,11,13H2/t16-/m1/s1. The Labute approximate surface area is 159 Å². The monoisotopic (exact) mass is 415 g/mol. The van der Waals surface area contributed by atoms with Crippen LogP contribution in [0.3, 0.4) is 0 Å². The number of carbonyl (C=O) groups is 1. The molecule has 1 aliphatic heterocycles. The molecule has 0 unspecified atom stereocenters. The maximum absolute atomic E-state index is 12.7. The highest BCUT2D eigenvalue weighted by atomic mass is 79.9. The Morgan fingerprint density at radius 2 is 2.08 bits per heavy atom. The van der Waals surface area contributed by atoms with Gasteiger partial charge in [-0.05, 0) is 57.1 Å². The molecule has 0 spiro atoms. The summed E-state index contributed by atoms with van der Waals surface area (Å²) in [6.07, 6.45) is 2.08. The van der Waals surface area contributed by atoms with Gasteiger partial charge in [0.2, 0.25) is 0 Å². The third-order valence-corrected chi connectivity index (χ3v) is 6.42. The number of thiophene rings is 1. The molecule has 25 heavy (non-hydrogen) atoms. The third-order valence-electron chi connectivity index (χ3n) is 4.62. The van der Waals surface area contributed by atoms with Crippen molar-refractivity contribution in [3.05, 3.63) is 63.3 Å². The van der Waals surface area contributed by atoms with Crippen LogP contribution in [0.1, 0.15) is 23.8 Å². The minimum atomic E-state index is 0.0518. The van der Waals surface area contributed by atoms with Crippen LogP contribution in [-0.4, -0.2) is 24.0 Å². The molecule has 0 saturated carbocycles. The number of fused-ring (bicyclic) bond motifs is 1. The molecule has 3 aromatic rings. The largest absolute Gasteiger partial charge is 0.483 e. The van der Waals surface area contributed by atoms with E-state index in [0.29, 0.717) is 5.75 Å². The lowest BCUT2D eigenvalue weighted by molar-refractivity contribution is -0.134. The molecule has 5 heteroatoms. The molecule has 1 amide bonds. The second-order valence-corrected chi connectivity index (χ2v) is 7.92. The first kappa shape index (κ1) is 16.6. The zero-order valence-corrected chi connectivity index (χ0v) is 16.1. The van der Waals surface area contributed by atoms with Crippen molar-refractivity contribution in [1.82, 2.24) is 4.90 Å². The van der Waals surface area contributed by atoms with Crippen LogP contribution < -0.4 is 4.74 Å². The number of rotatable bonds is 4. The molecule has 1 saturated heterocycles. The number of halogens is 1. The van der Waals surface area contributed by atoms with Crippen LogP contribution in [0.25, 0.3) is 10.8 Å². The molecule has 0 bridgehead atoms. The highest BCUT2D eigenvalue weighted by Gasteiger charge is 2.30. The summed E-state index contributed by atoms with van der Waals surface area (Å²) < 4.78 is 6.75. The topological polar surface area (TPSA) is 29.5 Å². The molecule has 2 heterocycles. The fourth-order valence-electron chi connectivity index (χ4n) is 3.39. The molecule has 0 aliphatic carbocycles. The molecule has 1 aromatic heterocycles. The van der Waals surface area contributed by atoms with Gasteiger partial charge in [0.1, 0.15) is 5.75 Å². The van der Waals surface area contributed by atoms with Crippen LogP contribution in [0.15, 0.2) is 58.4 Å². The zero-order chi connectivity index (χ0) is 17.2. The molecule has 0 radical (unpaired) electrons. The molecule has 1 fully saturated rings. The highest BCUT2D eigenvalue weighted by molar-refractivity contribution is 9.10. The molecule has 1 aliphatic rings. The Morgan fingerprint density at radius 1 is 1.20 bits per heavy atom. The summed E-state index contributed by atoms with van der Waals surface area (Å²) in [6.45, 7) is 0.877. The second-order valence-electron chi connectivity index (χ2n) is 6.15. The van der Waals surface area contributed by atoms with Gasteiger partial charge in [0, 0.05) is 11.4 Å². The van der Waals surface area contributed by atoms with E-state index >= 15 is 0 Å². The summed E-state index contributed by atoms with van der Waals surface area (Å²) in [4.78, 5) is 15.9. The molecule has 0 N–H and O–H groups in total. The molecule has 128 valence electrons. The van der Waals surface area contributed by atoms with E-state index in [9.17, 15) is 4.79 Å². The number of hydrogen-bond donors (Lipinski definition) is 0. The van der Waals surface area contributed by atoms with Crippen LogP contribution in [0.4, 0.5) is 0 Å². The second kappa shape index (κ2) is 7.18. The van der Waals surface area contributed by atoms with E-state index in [4.69, 9.17) is 4.74 Å². The predicted octanol–water partition coefficient (Wildman–Crippen LogP) is 5.41. The van der Waals surface area contributed by atoms with Gasteiger partial charge in [0.05, 0.1) is 10.5 Å². The molecule has 3 nitrogen and oxygen atoms in total. The smallest absolute Gasteiger partial charge is 0.261 e. The van der Waals surface area contributed by atoms with E-state index in [0.717, 1.165) is 34.6 Å². The fraction of sp³-hybridized carbons (Fsp3) is 0.250. The molecular formula is C20H18BrNO2S. The van der Waals surface area contributed by atoms with E-state index in [-0.39, 0.29) is 18.6 Å². The van der Waals surface area contributed by atoms with Crippen molar-refractivity contribution in [2.75, 3.05) is 13.2 Å². The summed E-state index contributed by atoms with van der Waals surface area (Å²) in [7, 11) is 0. The lowest BCUT2D eigenvalue weighted by Gasteiger charge is -2.24. The average Bonchev–Trinajstić information content (AvgIpc) is 3.32. The van der Waals surface area contributed by atoms with E-state index < -0.39 is 0 Å². The normalized spacial score (nSPS) is 17.2. The summed E-state index contributed by atoms with van der Waals surface area (Å²) in [5, 5.41) is 4.30. The number of carbonyl (C=O) groups excluding carboxylic acids is 1. The van der Waals surface area contributed by atoms with Crippen molar-refractivity contribution in [2.24, 2.45) is 0 Å². The van der Waals surface area contributed by atoms with E-state index in [1.807, 2.05) is 41.3 Å². The molecule has 4 rings (SSSR count). The van der Waals surface area contributed by atoms with Crippen molar-refractivity contribution >= 4 is 43.9 Å². The van der Waals surface area contributed by atoms with Crippen molar-refractivity contribution in [3.8, 4) is 5.75 Å². The van der Waals surface area contributed by atoms with Gasteiger partial charge in [-0.3, -0.25) is 4.79 Å². The first-order valence-electron chi connectivity index (χ1n) is 8.37. The van der Waals surface area contributed by atoms with E-state index in [2.05, 4.69) is 33.4 Å². The van der Waals surface area contributed by atoms with Gasteiger partial charge in [-0.2, -0.15) is 0 Å². The Bertz CT molecular complexity index is 894. The van der Waals surface area contributed by atoms with Gasteiger partial charge in [-0.15, -0.1) is 11.3 Å². The minimum Gasteiger partial charge on any atom is -0.483 e. The molecular weight excluding hydrogens is 398 g/mol. The van der Waals surface area contributed by atoms with Gasteiger partial charge in [0.15, 0.2) is 6.61 Å². The van der Waals surface area contributed by atoms with Crippen molar-refractivity contribution in [1.29, 1.82) is 0 Å². The Hall–Kier alpha value is -1.85. The SMILES string of the molecule is O=C(COc1ccc2ccccc2c1Br)N1CCC[C@@H]1c1cccs1. The van der Waals surface area contributed by atoms with Gasteiger partial charge < -0.3 is 9.64 Å². The Morgan fingerprint density at radius 3 is 2.92 bits per heavy atom. The van der Waals surface area contributed by atoms with Gasteiger partial charge >= 0.3 is 0 Å². The van der Waals surface area contributed by atoms with Crippen molar-refractivity contribution < 1.29 is 9.53 Å². The molecule has 2 aromatic carbocycles. The highest BCUT2D eigenvalue weighted by Crippen LogP contribution is 2.35.